The summed E-state index contributed by atoms with van der Waals surface area (Å²) in [6, 6.07) is 0. The van der Waals surface area contributed by atoms with Gasteiger partial charge in [0, 0.05) is 13.0 Å². The van der Waals surface area contributed by atoms with E-state index in [1.54, 1.807) is 0 Å². The molecule has 2 saturated carbocycles. The molecule has 0 aromatic heterocycles. The third-order valence-electron chi connectivity index (χ3n) is 4.10. The molecule has 0 spiro atoms. The van der Waals surface area contributed by atoms with Crippen LogP contribution in [0.25, 0.3) is 0 Å². The summed E-state index contributed by atoms with van der Waals surface area (Å²) >= 11 is 0. The fourth-order valence-electron chi connectivity index (χ4n) is 2.75. The van der Waals surface area contributed by atoms with Gasteiger partial charge in [-0.25, -0.2) is 0 Å². The summed E-state index contributed by atoms with van der Waals surface area (Å²) in [5, 5.41) is 12.7. The van der Waals surface area contributed by atoms with Gasteiger partial charge < -0.3 is 10.4 Å². The third-order valence-corrected chi connectivity index (χ3v) is 4.10. The zero-order valence-electron chi connectivity index (χ0n) is 10.0. The van der Waals surface area contributed by atoms with E-state index in [1.807, 2.05) is 0 Å². The van der Waals surface area contributed by atoms with Crippen LogP contribution in [0, 0.1) is 5.92 Å². The molecule has 3 nitrogen and oxygen atoms in total. The van der Waals surface area contributed by atoms with Crippen molar-refractivity contribution in [3.8, 4) is 0 Å². The van der Waals surface area contributed by atoms with Crippen LogP contribution in [0.15, 0.2) is 0 Å². The Kier molecular flexibility index (Phi) is 3.85. The molecule has 2 rings (SSSR count). The van der Waals surface area contributed by atoms with Crippen molar-refractivity contribution in [2.75, 3.05) is 6.54 Å². The predicted octanol–water partition coefficient (Wildman–Crippen LogP) is 1.99. The molecule has 2 N–H and O–H groups in total. The van der Waals surface area contributed by atoms with E-state index in [2.05, 4.69) is 5.32 Å². The summed E-state index contributed by atoms with van der Waals surface area (Å²) in [5.74, 6) is 0.719. The van der Waals surface area contributed by atoms with E-state index in [9.17, 15) is 9.90 Å². The van der Waals surface area contributed by atoms with Crippen LogP contribution in [-0.4, -0.2) is 23.2 Å². The average Bonchev–Trinajstić information content (AvgIpc) is 2.25. The Labute approximate surface area is 97.6 Å². The highest BCUT2D eigenvalue weighted by Gasteiger charge is 2.34. The van der Waals surface area contributed by atoms with Gasteiger partial charge in [-0.1, -0.05) is 19.3 Å². The molecule has 0 aromatic rings. The Balaban J connectivity index is 1.63. The lowest BCUT2D eigenvalue weighted by Crippen LogP contribution is -2.48. The van der Waals surface area contributed by atoms with Gasteiger partial charge in [-0.2, -0.15) is 0 Å². The van der Waals surface area contributed by atoms with Gasteiger partial charge >= 0.3 is 0 Å². The summed E-state index contributed by atoms with van der Waals surface area (Å²) < 4.78 is 0. The number of carbonyl (C=O) groups is 1. The fraction of sp³-hybridized carbons (Fsp3) is 0.923. The van der Waals surface area contributed by atoms with Gasteiger partial charge in [0.15, 0.2) is 0 Å². The molecule has 16 heavy (non-hydrogen) atoms. The lowest BCUT2D eigenvalue weighted by molar-refractivity contribution is -0.124. The first-order valence-electron chi connectivity index (χ1n) is 6.67. The smallest absolute Gasteiger partial charge is 0.220 e. The van der Waals surface area contributed by atoms with E-state index in [0.717, 1.165) is 19.3 Å². The molecule has 2 fully saturated rings. The van der Waals surface area contributed by atoms with Crippen molar-refractivity contribution in [1.82, 2.24) is 5.32 Å². The third kappa shape index (κ3) is 3.21. The van der Waals surface area contributed by atoms with Gasteiger partial charge in [0.25, 0.3) is 0 Å². The second kappa shape index (κ2) is 5.17. The zero-order valence-corrected chi connectivity index (χ0v) is 10.0. The Hall–Kier alpha value is -0.570. The molecule has 0 saturated heterocycles. The minimum absolute atomic E-state index is 0.132. The van der Waals surface area contributed by atoms with Crippen LogP contribution in [-0.2, 0) is 4.79 Å². The molecular weight excluding hydrogens is 202 g/mol. The summed E-state index contributed by atoms with van der Waals surface area (Å²) in [7, 11) is 0. The summed E-state index contributed by atoms with van der Waals surface area (Å²) in [6.45, 7) is 0.457. The Morgan fingerprint density at radius 3 is 2.44 bits per heavy atom. The van der Waals surface area contributed by atoms with Crippen molar-refractivity contribution in [1.29, 1.82) is 0 Å². The van der Waals surface area contributed by atoms with Crippen LogP contribution in [0.4, 0.5) is 0 Å². The molecule has 2 aliphatic carbocycles. The molecule has 92 valence electrons. The molecule has 0 aliphatic heterocycles. The van der Waals surface area contributed by atoms with Crippen LogP contribution in [0.1, 0.15) is 57.8 Å². The largest absolute Gasteiger partial charge is 0.388 e. The van der Waals surface area contributed by atoms with Crippen LogP contribution >= 0.6 is 0 Å². The normalized spacial score (nSPS) is 24.8. The molecular formula is C13H23NO2. The zero-order chi connectivity index (χ0) is 11.4. The van der Waals surface area contributed by atoms with Gasteiger partial charge in [0.2, 0.25) is 5.91 Å². The summed E-state index contributed by atoms with van der Waals surface area (Å²) in [5.41, 5.74) is -0.581. The lowest BCUT2D eigenvalue weighted by atomic mass is 9.80. The fourth-order valence-corrected chi connectivity index (χ4v) is 2.75. The van der Waals surface area contributed by atoms with Crippen molar-refractivity contribution in [2.24, 2.45) is 5.92 Å². The SMILES string of the molecule is O=C(CC1CCCCC1)NCC1(O)CCC1. The second-order valence-corrected chi connectivity index (χ2v) is 5.56. The van der Waals surface area contributed by atoms with Gasteiger partial charge in [0.05, 0.1) is 5.60 Å². The Morgan fingerprint density at radius 1 is 1.19 bits per heavy atom. The molecule has 0 radical (unpaired) electrons. The van der Waals surface area contributed by atoms with Gasteiger partial charge in [0.1, 0.15) is 0 Å². The van der Waals surface area contributed by atoms with E-state index >= 15 is 0 Å². The highest BCUT2D eigenvalue weighted by Crippen LogP contribution is 2.31. The predicted molar refractivity (Wildman–Crippen MR) is 63.0 cm³/mol. The molecule has 2 aliphatic rings. The number of amides is 1. The lowest BCUT2D eigenvalue weighted by Gasteiger charge is -2.36. The van der Waals surface area contributed by atoms with E-state index < -0.39 is 5.60 Å². The van der Waals surface area contributed by atoms with Crippen LogP contribution in [0.2, 0.25) is 0 Å². The number of hydrogen-bond acceptors (Lipinski definition) is 2. The van der Waals surface area contributed by atoms with Crippen LogP contribution in [0.5, 0.6) is 0 Å². The van der Waals surface area contributed by atoms with E-state index in [4.69, 9.17) is 0 Å². The number of nitrogens with one attached hydrogen (secondary N) is 1. The first kappa shape index (κ1) is 11.9. The van der Waals surface area contributed by atoms with Gasteiger partial charge in [-0.3, -0.25) is 4.79 Å². The monoisotopic (exact) mass is 225 g/mol. The summed E-state index contributed by atoms with van der Waals surface area (Å²) in [4.78, 5) is 11.7. The number of rotatable bonds is 4. The van der Waals surface area contributed by atoms with Crippen LogP contribution in [0.3, 0.4) is 0 Å². The van der Waals surface area contributed by atoms with E-state index in [1.165, 1.54) is 32.1 Å². The van der Waals surface area contributed by atoms with Crippen molar-refractivity contribution in [3.63, 3.8) is 0 Å². The average molecular weight is 225 g/mol. The molecule has 0 bridgehead atoms. The Bertz CT molecular complexity index is 242. The number of aliphatic hydroxyl groups is 1. The quantitative estimate of drug-likeness (QED) is 0.768. The molecule has 0 aromatic carbocycles. The standard InChI is InChI=1S/C13H23NO2/c15-12(9-11-5-2-1-3-6-11)14-10-13(16)7-4-8-13/h11,16H,1-10H2,(H,14,15). The minimum atomic E-state index is -0.581. The number of carbonyl (C=O) groups excluding carboxylic acids is 1. The molecule has 3 heteroatoms. The molecule has 0 unspecified atom stereocenters. The van der Waals surface area contributed by atoms with Crippen molar-refractivity contribution in [2.45, 2.75) is 63.4 Å². The van der Waals surface area contributed by atoms with Crippen molar-refractivity contribution in [3.05, 3.63) is 0 Å². The summed E-state index contributed by atoms with van der Waals surface area (Å²) in [6.07, 6.45) is 9.75. The van der Waals surface area contributed by atoms with Crippen molar-refractivity contribution < 1.29 is 9.90 Å². The Morgan fingerprint density at radius 2 is 1.88 bits per heavy atom. The van der Waals surface area contributed by atoms with Crippen LogP contribution < -0.4 is 5.32 Å². The number of hydrogen-bond donors (Lipinski definition) is 2. The van der Waals surface area contributed by atoms with E-state index in [0.29, 0.717) is 18.9 Å². The highest BCUT2D eigenvalue weighted by molar-refractivity contribution is 5.76. The van der Waals surface area contributed by atoms with Gasteiger partial charge in [-0.05, 0) is 38.0 Å². The minimum Gasteiger partial charge on any atom is -0.388 e. The first-order valence-corrected chi connectivity index (χ1v) is 6.67. The maximum atomic E-state index is 11.7. The highest BCUT2D eigenvalue weighted by atomic mass is 16.3. The topological polar surface area (TPSA) is 49.3 Å². The van der Waals surface area contributed by atoms with E-state index in [-0.39, 0.29) is 5.91 Å². The molecule has 0 atom stereocenters. The molecule has 0 heterocycles. The van der Waals surface area contributed by atoms with Crippen molar-refractivity contribution >= 4 is 5.91 Å². The van der Waals surface area contributed by atoms with Gasteiger partial charge in [-0.15, -0.1) is 0 Å². The second-order valence-electron chi connectivity index (χ2n) is 5.56. The molecule has 1 amide bonds. The maximum absolute atomic E-state index is 11.7. The first-order chi connectivity index (χ1) is 7.68. The maximum Gasteiger partial charge on any atom is 0.220 e.